The highest BCUT2D eigenvalue weighted by atomic mass is 35.5. The zero-order valence-corrected chi connectivity index (χ0v) is 7.51. The van der Waals surface area contributed by atoms with Crippen LogP contribution in [0.5, 0.6) is 0 Å². The van der Waals surface area contributed by atoms with Crippen LogP contribution in [0.3, 0.4) is 0 Å². The van der Waals surface area contributed by atoms with Gasteiger partial charge in [0.1, 0.15) is 11.9 Å². The van der Waals surface area contributed by atoms with Crippen LogP contribution in [-0.4, -0.2) is 11.5 Å². The quantitative estimate of drug-likeness (QED) is 0.554. The van der Waals surface area contributed by atoms with E-state index in [2.05, 4.69) is 0 Å². The molecule has 0 aliphatic heterocycles. The lowest BCUT2D eigenvalue weighted by Crippen LogP contribution is -2.02. The van der Waals surface area contributed by atoms with E-state index in [1.807, 2.05) is 0 Å². The Morgan fingerprint density at radius 3 is 2.64 bits per heavy atom. The molecule has 0 aliphatic rings. The van der Waals surface area contributed by atoms with E-state index in [1.165, 1.54) is 6.07 Å². The Labute approximate surface area is 83.7 Å². The van der Waals surface area contributed by atoms with E-state index < -0.39 is 16.6 Å². The first-order chi connectivity index (χ1) is 6.61. The van der Waals surface area contributed by atoms with E-state index in [0.717, 1.165) is 6.07 Å². The number of rotatable bonds is 2. The molecule has 0 amide bonds. The largest absolute Gasteiger partial charge is 0.298 e. The number of hydrogen-bond donors (Lipinski definition) is 0. The van der Waals surface area contributed by atoms with Gasteiger partial charge in [0.05, 0.1) is 16.7 Å². The molecule has 0 aliphatic carbocycles. The number of carbonyl (C=O) groups is 2. The molecule has 0 fully saturated rings. The smallest absolute Gasteiger partial charge is 0.256 e. The number of carbonyl (C=O) groups excluding carboxylic acids is 2. The van der Waals surface area contributed by atoms with Gasteiger partial charge in [-0.15, -0.1) is 0 Å². The minimum Gasteiger partial charge on any atom is -0.298 e. The van der Waals surface area contributed by atoms with Gasteiger partial charge in [0, 0.05) is 0 Å². The fourth-order valence-electron chi connectivity index (χ4n) is 0.969. The second-order valence-corrected chi connectivity index (χ2v) is 2.74. The molecule has 1 aromatic rings. The summed E-state index contributed by atoms with van der Waals surface area (Å²) in [4.78, 5) is 21.1. The van der Waals surface area contributed by atoms with Crippen LogP contribution < -0.4 is 0 Å². The van der Waals surface area contributed by atoms with Crippen LogP contribution in [-0.2, 0) is 0 Å². The number of nitrogens with zero attached hydrogens (tertiary/aromatic N) is 1. The Morgan fingerprint density at radius 1 is 1.57 bits per heavy atom. The number of nitriles is 1. The highest BCUT2D eigenvalue weighted by Gasteiger charge is 2.17. The zero-order valence-electron chi connectivity index (χ0n) is 6.75. The standard InChI is InChI=1S/C9H3ClFNO2/c10-9(14)7-5(3-12)1-2-6(4-13)8(7)11/h1-2,4H. The van der Waals surface area contributed by atoms with Gasteiger partial charge in [-0.05, 0) is 23.7 Å². The van der Waals surface area contributed by atoms with E-state index in [0.29, 0.717) is 0 Å². The van der Waals surface area contributed by atoms with Crippen LogP contribution in [0.4, 0.5) is 4.39 Å². The first-order valence-electron chi connectivity index (χ1n) is 3.49. The van der Waals surface area contributed by atoms with E-state index in [-0.39, 0.29) is 17.4 Å². The third-order valence-electron chi connectivity index (χ3n) is 1.62. The van der Waals surface area contributed by atoms with E-state index in [4.69, 9.17) is 16.9 Å². The van der Waals surface area contributed by atoms with Crippen molar-refractivity contribution in [2.75, 3.05) is 0 Å². The van der Waals surface area contributed by atoms with Crippen LogP contribution >= 0.6 is 11.6 Å². The molecule has 1 aromatic carbocycles. The van der Waals surface area contributed by atoms with Crippen molar-refractivity contribution >= 4 is 23.1 Å². The minimum atomic E-state index is -1.09. The number of aldehydes is 1. The Bertz CT molecular complexity index is 451. The van der Waals surface area contributed by atoms with Gasteiger partial charge in [-0.2, -0.15) is 5.26 Å². The minimum absolute atomic E-state index is 0.187. The number of hydrogen-bond acceptors (Lipinski definition) is 3. The van der Waals surface area contributed by atoms with Crippen LogP contribution in [0.25, 0.3) is 0 Å². The molecule has 0 radical (unpaired) electrons. The Balaban J connectivity index is 3.56. The normalized spacial score (nSPS) is 9.21. The van der Waals surface area contributed by atoms with Gasteiger partial charge in [0.15, 0.2) is 6.29 Å². The van der Waals surface area contributed by atoms with Crippen molar-refractivity contribution in [3.63, 3.8) is 0 Å². The summed E-state index contributed by atoms with van der Waals surface area (Å²) in [5.74, 6) is -1.06. The Kier molecular flexibility index (Phi) is 2.95. The van der Waals surface area contributed by atoms with Gasteiger partial charge in [-0.25, -0.2) is 4.39 Å². The van der Waals surface area contributed by atoms with E-state index >= 15 is 0 Å². The van der Waals surface area contributed by atoms with Gasteiger partial charge in [0.25, 0.3) is 5.24 Å². The maximum atomic E-state index is 13.3. The molecule has 0 bridgehead atoms. The molecule has 0 spiro atoms. The number of benzene rings is 1. The first-order valence-corrected chi connectivity index (χ1v) is 3.87. The van der Waals surface area contributed by atoms with Crippen LogP contribution in [0.2, 0.25) is 0 Å². The molecule has 0 saturated carbocycles. The van der Waals surface area contributed by atoms with Gasteiger partial charge in [-0.1, -0.05) is 0 Å². The van der Waals surface area contributed by atoms with Crippen molar-refractivity contribution in [2.45, 2.75) is 0 Å². The van der Waals surface area contributed by atoms with E-state index in [9.17, 15) is 14.0 Å². The van der Waals surface area contributed by atoms with Crippen LogP contribution in [0.1, 0.15) is 26.3 Å². The topological polar surface area (TPSA) is 57.9 Å². The zero-order chi connectivity index (χ0) is 10.7. The van der Waals surface area contributed by atoms with Crippen molar-refractivity contribution in [3.8, 4) is 6.07 Å². The molecule has 0 atom stereocenters. The summed E-state index contributed by atoms with van der Waals surface area (Å²) in [6.45, 7) is 0. The van der Waals surface area contributed by atoms with Crippen molar-refractivity contribution in [2.24, 2.45) is 0 Å². The SMILES string of the molecule is N#Cc1ccc(C=O)c(F)c1C(=O)Cl. The molecular formula is C9H3ClFNO2. The lowest BCUT2D eigenvalue weighted by molar-refractivity contribution is 0.107. The Morgan fingerprint density at radius 2 is 2.21 bits per heavy atom. The first kappa shape index (κ1) is 10.4. The second kappa shape index (κ2) is 3.99. The fraction of sp³-hybridized carbons (Fsp3) is 0. The average molecular weight is 212 g/mol. The lowest BCUT2D eigenvalue weighted by Gasteiger charge is -2.01. The molecule has 1 rings (SSSR count). The fourth-order valence-corrected chi connectivity index (χ4v) is 1.15. The summed E-state index contributed by atoms with van der Waals surface area (Å²) in [7, 11) is 0. The molecule has 14 heavy (non-hydrogen) atoms. The molecule has 0 saturated heterocycles. The third kappa shape index (κ3) is 1.63. The van der Waals surface area contributed by atoms with Gasteiger partial charge < -0.3 is 0 Å². The summed E-state index contributed by atoms with van der Waals surface area (Å²) in [6.07, 6.45) is 0.250. The van der Waals surface area contributed by atoms with Gasteiger partial charge in [0.2, 0.25) is 0 Å². The molecule has 70 valence electrons. The Hall–Kier alpha value is -1.73. The van der Waals surface area contributed by atoms with Gasteiger partial charge in [-0.3, -0.25) is 9.59 Å². The highest BCUT2D eigenvalue weighted by molar-refractivity contribution is 6.68. The van der Waals surface area contributed by atoms with Crippen molar-refractivity contribution in [1.29, 1.82) is 5.26 Å². The summed E-state index contributed by atoms with van der Waals surface area (Å²) in [5, 5.41) is 7.44. The maximum absolute atomic E-state index is 13.3. The van der Waals surface area contributed by atoms with Crippen LogP contribution in [0.15, 0.2) is 12.1 Å². The molecule has 5 heteroatoms. The number of halogens is 2. The van der Waals surface area contributed by atoms with Crippen molar-refractivity contribution < 1.29 is 14.0 Å². The predicted octanol–water partition coefficient (Wildman–Crippen LogP) is 1.89. The molecular weight excluding hydrogens is 209 g/mol. The molecule has 0 unspecified atom stereocenters. The summed E-state index contributed by atoms with van der Waals surface area (Å²) in [6, 6.07) is 3.89. The third-order valence-corrected chi connectivity index (χ3v) is 1.80. The van der Waals surface area contributed by atoms with Crippen LogP contribution in [0, 0.1) is 17.1 Å². The molecule has 3 nitrogen and oxygen atoms in total. The summed E-state index contributed by atoms with van der Waals surface area (Å²) in [5.41, 5.74) is -1.04. The average Bonchev–Trinajstić information content (AvgIpc) is 2.16. The van der Waals surface area contributed by atoms with Gasteiger partial charge >= 0.3 is 0 Å². The molecule has 0 N–H and O–H groups in total. The lowest BCUT2D eigenvalue weighted by atomic mass is 10.1. The van der Waals surface area contributed by atoms with Crippen molar-refractivity contribution in [3.05, 3.63) is 34.6 Å². The highest BCUT2D eigenvalue weighted by Crippen LogP contribution is 2.18. The monoisotopic (exact) mass is 211 g/mol. The molecule has 0 heterocycles. The van der Waals surface area contributed by atoms with Crippen molar-refractivity contribution in [1.82, 2.24) is 0 Å². The maximum Gasteiger partial charge on any atom is 0.256 e. The molecule has 0 aromatic heterocycles. The summed E-state index contributed by atoms with van der Waals surface area (Å²) >= 11 is 5.08. The van der Waals surface area contributed by atoms with E-state index in [1.54, 1.807) is 6.07 Å². The summed E-state index contributed by atoms with van der Waals surface area (Å²) < 4.78 is 13.3. The predicted molar refractivity (Wildman–Crippen MR) is 46.7 cm³/mol. The second-order valence-electron chi connectivity index (χ2n) is 2.39.